The Bertz CT molecular complexity index is 292. The van der Waals surface area contributed by atoms with Gasteiger partial charge in [0, 0.05) is 13.2 Å². The summed E-state index contributed by atoms with van der Waals surface area (Å²) in [6.45, 7) is 0. The summed E-state index contributed by atoms with van der Waals surface area (Å²) in [7, 11) is 1.79. The molecular formula is C13H22N2O. The smallest absolute Gasteiger partial charge is 0.0571 e. The standard InChI is InChI=1S/C13H22N2O/c1-16-11-7-5-10(6-8-11)13(15)9-3-2-4-12(13)14/h2-4,9-12H,5-8,14-15H2,1H3. The van der Waals surface area contributed by atoms with Crippen molar-refractivity contribution >= 4 is 0 Å². The second kappa shape index (κ2) is 4.70. The van der Waals surface area contributed by atoms with Crippen molar-refractivity contribution < 1.29 is 4.74 Å². The van der Waals surface area contributed by atoms with Gasteiger partial charge in [-0.25, -0.2) is 0 Å². The minimum Gasteiger partial charge on any atom is -0.381 e. The third kappa shape index (κ3) is 2.08. The molecule has 2 aliphatic rings. The van der Waals surface area contributed by atoms with E-state index in [0.717, 1.165) is 25.7 Å². The van der Waals surface area contributed by atoms with Gasteiger partial charge in [0.1, 0.15) is 0 Å². The average Bonchev–Trinajstić information content (AvgIpc) is 2.33. The third-order valence-electron chi connectivity index (χ3n) is 4.11. The summed E-state index contributed by atoms with van der Waals surface area (Å²) in [5.41, 5.74) is 12.2. The molecule has 0 aromatic rings. The molecule has 2 rings (SSSR count). The Balaban J connectivity index is 2.03. The maximum Gasteiger partial charge on any atom is 0.0571 e. The molecule has 0 aliphatic heterocycles. The van der Waals surface area contributed by atoms with Crippen molar-refractivity contribution in [3.63, 3.8) is 0 Å². The highest BCUT2D eigenvalue weighted by Crippen LogP contribution is 2.36. The lowest BCUT2D eigenvalue weighted by atomic mass is 9.69. The first-order valence-corrected chi connectivity index (χ1v) is 6.10. The van der Waals surface area contributed by atoms with E-state index in [1.54, 1.807) is 7.11 Å². The van der Waals surface area contributed by atoms with E-state index < -0.39 is 0 Å². The fourth-order valence-electron chi connectivity index (χ4n) is 2.89. The van der Waals surface area contributed by atoms with Crippen LogP contribution in [0, 0.1) is 5.92 Å². The summed E-state index contributed by atoms with van der Waals surface area (Å²) in [5.74, 6) is 0.482. The first kappa shape index (κ1) is 11.8. The molecule has 90 valence electrons. The van der Waals surface area contributed by atoms with Crippen LogP contribution in [0.1, 0.15) is 25.7 Å². The number of methoxy groups -OCH3 is 1. The molecule has 2 aliphatic carbocycles. The molecule has 16 heavy (non-hydrogen) atoms. The summed E-state index contributed by atoms with van der Waals surface area (Å²) in [4.78, 5) is 0. The molecule has 0 spiro atoms. The van der Waals surface area contributed by atoms with Gasteiger partial charge in [-0.1, -0.05) is 24.3 Å². The van der Waals surface area contributed by atoms with E-state index in [-0.39, 0.29) is 11.6 Å². The van der Waals surface area contributed by atoms with Crippen molar-refractivity contribution in [2.24, 2.45) is 17.4 Å². The number of hydrogen-bond donors (Lipinski definition) is 2. The van der Waals surface area contributed by atoms with Crippen LogP contribution in [0.3, 0.4) is 0 Å². The SMILES string of the molecule is COC1CCC(C2(N)C=CC=CC2N)CC1. The molecule has 3 heteroatoms. The van der Waals surface area contributed by atoms with Gasteiger partial charge in [0.15, 0.2) is 0 Å². The van der Waals surface area contributed by atoms with E-state index in [4.69, 9.17) is 16.2 Å². The largest absolute Gasteiger partial charge is 0.381 e. The monoisotopic (exact) mass is 222 g/mol. The number of hydrogen-bond acceptors (Lipinski definition) is 3. The maximum atomic E-state index is 6.46. The zero-order chi connectivity index (χ0) is 11.6. The van der Waals surface area contributed by atoms with Crippen molar-refractivity contribution in [1.82, 2.24) is 0 Å². The van der Waals surface area contributed by atoms with E-state index in [2.05, 4.69) is 6.08 Å². The summed E-state index contributed by atoms with van der Waals surface area (Å²) >= 11 is 0. The van der Waals surface area contributed by atoms with Crippen LogP contribution >= 0.6 is 0 Å². The molecule has 0 aromatic carbocycles. The van der Waals surface area contributed by atoms with E-state index in [1.807, 2.05) is 18.2 Å². The van der Waals surface area contributed by atoms with Crippen LogP contribution in [0.5, 0.6) is 0 Å². The fraction of sp³-hybridized carbons (Fsp3) is 0.692. The van der Waals surface area contributed by atoms with E-state index in [0.29, 0.717) is 12.0 Å². The highest BCUT2D eigenvalue weighted by atomic mass is 16.5. The Morgan fingerprint density at radius 2 is 1.88 bits per heavy atom. The van der Waals surface area contributed by atoms with Crippen molar-refractivity contribution in [1.29, 1.82) is 0 Å². The molecule has 2 unspecified atom stereocenters. The van der Waals surface area contributed by atoms with E-state index >= 15 is 0 Å². The Hall–Kier alpha value is -0.640. The van der Waals surface area contributed by atoms with Crippen LogP contribution in [-0.4, -0.2) is 24.8 Å². The van der Waals surface area contributed by atoms with Gasteiger partial charge in [-0.15, -0.1) is 0 Å². The van der Waals surface area contributed by atoms with Crippen molar-refractivity contribution in [2.45, 2.75) is 43.4 Å². The normalized spacial score (nSPS) is 43.6. The van der Waals surface area contributed by atoms with Gasteiger partial charge in [-0.3, -0.25) is 0 Å². The quantitative estimate of drug-likeness (QED) is 0.741. The molecule has 2 atom stereocenters. The van der Waals surface area contributed by atoms with E-state index in [9.17, 15) is 0 Å². The summed E-state index contributed by atoms with van der Waals surface area (Å²) in [5, 5.41) is 0. The molecule has 4 N–H and O–H groups in total. The van der Waals surface area contributed by atoms with Gasteiger partial charge < -0.3 is 16.2 Å². The molecule has 0 aromatic heterocycles. The van der Waals surface area contributed by atoms with Gasteiger partial charge in [0.2, 0.25) is 0 Å². The zero-order valence-corrected chi connectivity index (χ0v) is 9.93. The molecule has 3 nitrogen and oxygen atoms in total. The average molecular weight is 222 g/mol. The summed E-state index contributed by atoms with van der Waals surface area (Å²) in [6.07, 6.45) is 12.9. The molecule has 1 saturated carbocycles. The lowest BCUT2D eigenvalue weighted by Crippen LogP contribution is -2.59. The third-order valence-corrected chi connectivity index (χ3v) is 4.11. The van der Waals surface area contributed by atoms with Gasteiger partial charge in [-0.2, -0.15) is 0 Å². The predicted octanol–water partition coefficient (Wildman–Crippen LogP) is 1.34. The Labute approximate surface area is 97.5 Å². The second-order valence-electron chi connectivity index (χ2n) is 4.98. The number of ether oxygens (including phenoxy) is 1. The van der Waals surface area contributed by atoms with Gasteiger partial charge in [0.25, 0.3) is 0 Å². The molecule has 0 heterocycles. The van der Waals surface area contributed by atoms with Crippen molar-refractivity contribution in [2.75, 3.05) is 7.11 Å². The fourth-order valence-corrected chi connectivity index (χ4v) is 2.89. The Morgan fingerprint density at radius 3 is 2.44 bits per heavy atom. The highest BCUT2D eigenvalue weighted by Gasteiger charge is 2.39. The molecule has 0 bridgehead atoms. The van der Waals surface area contributed by atoms with Crippen LogP contribution in [-0.2, 0) is 4.74 Å². The van der Waals surface area contributed by atoms with Crippen molar-refractivity contribution in [3.05, 3.63) is 24.3 Å². The van der Waals surface area contributed by atoms with Crippen molar-refractivity contribution in [3.8, 4) is 0 Å². The van der Waals surface area contributed by atoms with Gasteiger partial charge in [0.05, 0.1) is 11.6 Å². The zero-order valence-electron chi connectivity index (χ0n) is 9.93. The molecule has 1 fully saturated rings. The molecule has 0 radical (unpaired) electrons. The first-order valence-electron chi connectivity index (χ1n) is 6.10. The van der Waals surface area contributed by atoms with Crippen LogP contribution in [0.15, 0.2) is 24.3 Å². The minimum atomic E-state index is -0.354. The second-order valence-corrected chi connectivity index (χ2v) is 4.98. The highest BCUT2D eigenvalue weighted by molar-refractivity contribution is 5.27. The lowest BCUT2D eigenvalue weighted by molar-refractivity contribution is 0.0454. The molecular weight excluding hydrogens is 200 g/mol. The molecule has 0 saturated heterocycles. The first-order chi connectivity index (χ1) is 7.66. The number of rotatable bonds is 2. The predicted molar refractivity (Wildman–Crippen MR) is 65.9 cm³/mol. The summed E-state index contributed by atoms with van der Waals surface area (Å²) < 4.78 is 5.38. The molecule has 0 amide bonds. The maximum absolute atomic E-state index is 6.46. The van der Waals surface area contributed by atoms with Gasteiger partial charge >= 0.3 is 0 Å². The van der Waals surface area contributed by atoms with Gasteiger partial charge in [-0.05, 0) is 31.6 Å². The minimum absolute atomic E-state index is 0.0541. The summed E-state index contributed by atoms with van der Waals surface area (Å²) in [6, 6.07) is -0.0541. The van der Waals surface area contributed by atoms with Crippen LogP contribution in [0.2, 0.25) is 0 Å². The Morgan fingerprint density at radius 1 is 1.19 bits per heavy atom. The van der Waals surface area contributed by atoms with Crippen LogP contribution < -0.4 is 11.5 Å². The Kier molecular flexibility index (Phi) is 3.47. The topological polar surface area (TPSA) is 61.3 Å². The number of nitrogens with two attached hydrogens (primary N) is 2. The number of allylic oxidation sites excluding steroid dienone is 2. The van der Waals surface area contributed by atoms with Crippen LogP contribution in [0.4, 0.5) is 0 Å². The van der Waals surface area contributed by atoms with Crippen LogP contribution in [0.25, 0.3) is 0 Å². The lowest BCUT2D eigenvalue weighted by Gasteiger charge is -2.43. The van der Waals surface area contributed by atoms with E-state index in [1.165, 1.54) is 0 Å².